The van der Waals surface area contributed by atoms with Gasteiger partial charge in [-0.05, 0) is 26.0 Å². The maximum absolute atomic E-state index is 10.8. The van der Waals surface area contributed by atoms with E-state index in [1.807, 2.05) is 19.1 Å². The summed E-state index contributed by atoms with van der Waals surface area (Å²) >= 11 is 0. The van der Waals surface area contributed by atoms with Crippen LogP contribution in [0.5, 0.6) is 0 Å². The molecule has 0 N–H and O–H groups in total. The number of aromatic nitrogens is 2. The largest absolute Gasteiger partial charge is 0.273 e. The van der Waals surface area contributed by atoms with E-state index in [0.717, 1.165) is 5.69 Å². The van der Waals surface area contributed by atoms with E-state index in [4.69, 9.17) is 0 Å². The Labute approximate surface area is 98.3 Å². The minimum atomic E-state index is -0.423. The highest BCUT2D eigenvalue weighted by atomic mass is 16.6. The van der Waals surface area contributed by atoms with Crippen molar-refractivity contribution in [3.05, 3.63) is 51.8 Å². The van der Waals surface area contributed by atoms with Crippen molar-refractivity contribution in [2.75, 3.05) is 0 Å². The van der Waals surface area contributed by atoms with Crippen LogP contribution in [0, 0.1) is 24.0 Å². The van der Waals surface area contributed by atoms with E-state index in [1.54, 1.807) is 13.0 Å². The molecular formula is C12H11N3O2. The SMILES string of the molecule is Cc1cccc(-c2cc([N+](=O)[O-])cc(C)n2)n1. The van der Waals surface area contributed by atoms with E-state index in [9.17, 15) is 10.1 Å². The van der Waals surface area contributed by atoms with Gasteiger partial charge in [-0.1, -0.05) is 6.07 Å². The maximum Gasteiger partial charge on any atom is 0.273 e. The molecule has 0 aliphatic heterocycles. The molecule has 0 radical (unpaired) electrons. The van der Waals surface area contributed by atoms with Gasteiger partial charge in [-0.15, -0.1) is 0 Å². The van der Waals surface area contributed by atoms with Crippen LogP contribution in [0.4, 0.5) is 5.69 Å². The topological polar surface area (TPSA) is 68.9 Å². The highest BCUT2D eigenvalue weighted by molar-refractivity contribution is 5.58. The van der Waals surface area contributed by atoms with Gasteiger partial charge in [0, 0.05) is 23.5 Å². The molecule has 0 fully saturated rings. The predicted molar refractivity (Wildman–Crippen MR) is 63.6 cm³/mol. The lowest BCUT2D eigenvalue weighted by atomic mass is 10.2. The Bertz CT molecular complexity index is 582. The number of nitro groups is 1. The van der Waals surface area contributed by atoms with Crippen molar-refractivity contribution in [2.45, 2.75) is 13.8 Å². The van der Waals surface area contributed by atoms with Crippen LogP contribution in [0.15, 0.2) is 30.3 Å². The first-order valence-electron chi connectivity index (χ1n) is 5.13. The zero-order chi connectivity index (χ0) is 12.4. The summed E-state index contributed by atoms with van der Waals surface area (Å²) in [6.07, 6.45) is 0. The number of hydrogen-bond donors (Lipinski definition) is 0. The molecule has 0 aliphatic carbocycles. The Morgan fingerprint density at radius 1 is 1.06 bits per heavy atom. The molecule has 17 heavy (non-hydrogen) atoms. The second-order valence-electron chi connectivity index (χ2n) is 3.77. The number of nitrogens with zero attached hydrogens (tertiary/aromatic N) is 3. The lowest BCUT2D eigenvalue weighted by Crippen LogP contribution is -1.95. The number of rotatable bonds is 2. The molecule has 0 bridgehead atoms. The molecular weight excluding hydrogens is 218 g/mol. The summed E-state index contributed by atoms with van der Waals surface area (Å²) in [5, 5.41) is 10.8. The molecule has 0 aliphatic rings. The minimum absolute atomic E-state index is 0.0378. The van der Waals surface area contributed by atoms with Crippen molar-refractivity contribution >= 4 is 5.69 Å². The van der Waals surface area contributed by atoms with Crippen molar-refractivity contribution in [1.29, 1.82) is 0 Å². The lowest BCUT2D eigenvalue weighted by Gasteiger charge is -2.02. The van der Waals surface area contributed by atoms with Crippen molar-refractivity contribution in [1.82, 2.24) is 9.97 Å². The molecule has 2 aromatic heterocycles. The summed E-state index contributed by atoms with van der Waals surface area (Å²) in [5.74, 6) is 0. The predicted octanol–water partition coefficient (Wildman–Crippen LogP) is 2.67. The van der Waals surface area contributed by atoms with Gasteiger partial charge in [0.2, 0.25) is 0 Å². The van der Waals surface area contributed by atoms with Gasteiger partial charge < -0.3 is 0 Å². The standard InChI is InChI=1S/C12H11N3O2/c1-8-4-3-5-11(13-8)12-7-10(15(16)17)6-9(2)14-12/h3-7H,1-2H3. The summed E-state index contributed by atoms with van der Waals surface area (Å²) in [6, 6.07) is 8.40. The first-order valence-corrected chi connectivity index (χ1v) is 5.13. The van der Waals surface area contributed by atoms with Gasteiger partial charge in [0.1, 0.15) is 0 Å². The van der Waals surface area contributed by atoms with Crippen LogP contribution >= 0.6 is 0 Å². The van der Waals surface area contributed by atoms with E-state index in [0.29, 0.717) is 17.1 Å². The summed E-state index contributed by atoms with van der Waals surface area (Å²) in [5.41, 5.74) is 2.68. The zero-order valence-electron chi connectivity index (χ0n) is 9.54. The molecule has 0 unspecified atom stereocenters. The van der Waals surface area contributed by atoms with Crippen LogP contribution in [-0.4, -0.2) is 14.9 Å². The van der Waals surface area contributed by atoms with Gasteiger partial charge in [-0.2, -0.15) is 0 Å². The van der Waals surface area contributed by atoms with Crippen molar-refractivity contribution < 1.29 is 4.92 Å². The molecule has 0 saturated heterocycles. The monoisotopic (exact) mass is 229 g/mol. The van der Waals surface area contributed by atoms with Crippen molar-refractivity contribution in [3.8, 4) is 11.4 Å². The average molecular weight is 229 g/mol. The Kier molecular flexibility index (Phi) is 2.82. The number of pyridine rings is 2. The second-order valence-corrected chi connectivity index (χ2v) is 3.77. The zero-order valence-corrected chi connectivity index (χ0v) is 9.54. The number of aryl methyl sites for hydroxylation is 2. The van der Waals surface area contributed by atoms with Crippen molar-refractivity contribution in [3.63, 3.8) is 0 Å². The molecule has 2 rings (SSSR count). The Morgan fingerprint density at radius 2 is 1.76 bits per heavy atom. The quantitative estimate of drug-likeness (QED) is 0.586. The van der Waals surface area contributed by atoms with Crippen LogP contribution in [0.3, 0.4) is 0 Å². The Balaban J connectivity index is 2.56. The van der Waals surface area contributed by atoms with Gasteiger partial charge in [0.25, 0.3) is 5.69 Å². The third-order valence-electron chi connectivity index (χ3n) is 2.30. The fourth-order valence-electron chi connectivity index (χ4n) is 1.57. The molecule has 0 atom stereocenters. The van der Waals surface area contributed by atoms with Crippen LogP contribution < -0.4 is 0 Å². The summed E-state index contributed by atoms with van der Waals surface area (Å²) in [7, 11) is 0. The van der Waals surface area contributed by atoms with E-state index in [2.05, 4.69) is 9.97 Å². The van der Waals surface area contributed by atoms with E-state index in [-0.39, 0.29) is 5.69 Å². The number of hydrogen-bond acceptors (Lipinski definition) is 4. The smallest absolute Gasteiger partial charge is 0.258 e. The average Bonchev–Trinajstić information content (AvgIpc) is 2.28. The Morgan fingerprint density at radius 3 is 2.41 bits per heavy atom. The van der Waals surface area contributed by atoms with Gasteiger partial charge in [0.05, 0.1) is 16.3 Å². The van der Waals surface area contributed by atoms with Crippen molar-refractivity contribution in [2.24, 2.45) is 0 Å². The molecule has 5 nitrogen and oxygen atoms in total. The fourth-order valence-corrected chi connectivity index (χ4v) is 1.57. The third kappa shape index (κ3) is 2.44. The summed E-state index contributed by atoms with van der Waals surface area (Å²) < 4.78 is 0. The minimum Gasteiger partial charge on any atom is -0.258 e. The Hall–Kier alpha value is -2.30. The van der Waals surface area contributed by atoms with Gasteiger partial charge in [-0.3, -0.25) is 20.1 Å². The van der Waals surface area contributed by atoms with Crippen LogP contribution in [0.25, 0.3) is 11.4 Å². The molecule has 86 valence electrons. The molecule has 0 amide bonds. The molecule has 0 saturated carbocycles. The van der Waals surface area contributed by atoms with E-state index < -0.39 is 4.92 Å². The first kappa shape index (κ1) is 11.2. The van der Waals surface area contributed by atoms with Crippen LogP contribution in [0.2, 0.25) is 0 Å². The van der Waals surface area contributed by atoms with Gasteiger partial charge in [0.15, 0.2) is 0 Å². The highest BCUT2D eigenvalue weighted by Gasteiger charge is 2.11. The molecule has 5 heteroatoms. The van der Waals surface area contributed by atoms with E-state index in [1.165, 1.54) is 12.1 Å². The van der Waals surface area contributed by atoms with Crippen LogP contribution in [-0.2, 0) is 0 Å². The lowest BCUT2D eigenvalue weighted by molar-refractivity contribution is -0.384. The third-order valence-corrected chi connectivity index (χ3v) is 2.30. The molecule has 2 heterocycles. The second kappa shape index (κ2) is 4.29. The molecule has 2 aromatic rings. The summed E-state index contributed by atoms with van der Waals surface area (Å²) in [6.45, 7) is 3.60. The van der Waals surface area contributed by atoms with E-state index >= 15 is 0 Å². The molecule has 0 spiro atoms. The highest BCUT2D eigenvalue weighted by Crippen LogP contribution is 2.21. The van der Waals surface area contributed by atoms with Gasteiger partial charge >= 0.3 is 0 Å². The fraction of sp³-hybridized carbons (Fsp3) is 0.167. The summed E-state index contributed by atoms with van der Waals surface area (Å²) in [4.78, 5) is 18.9. The molecule has 0 aromatic carbocycles. The van der Waals surface area contributed by atoms with Crippen LogP contribution in [0.1, 0.15) is 11.4 Å². The van der Waals surface area contributed by atoms with Gasteiger partial charge in [-0.25, -0.2) is 0 Å². The first-order chi connectivity index (χ1) is 8.06. The maximum atomic E-state index is 10.8. The normalized spacial score (nSPS) is 10.2.